The average molecular weight is 370 g/mol. The Balaban J connectivity index is 2.12. The van der Waals surface area contributed by atoms with Crippen molar-refractivity contribution in [2.45, 2.75) is 65.0 Å². The van der Waals surface area contributed by atoms with Gasteiger partial charge in [0.15, 0.2) is 0 Å². The first-order valence-corrected chi connectivity index (χ1v) is 9.43. The molecule has 0 unspecified atom stereocenters. The highest BCUT2D eigenvalue weighted by atomic mass is 16.3. The Labute approximate surface area is 161 Å². The van der Waals surface area contributed by atoms with Crippen LogP contribution in [0.3, 0.4) is 0 Å². The Morgan fingerprint density at radius 3 is 2.41 bits per heavy atom. The summed E-state index contributed by atoms with van der Waals surface area (Å²) in [5, 5.41) is 10.7. The molecular formula is C21H30N4O2. The Morgan fingerprint density at radius 2 is 1.89 bits per heavy atom. The summed E-state index contributed by atoms with van der Waals surface area (Å²) < 4.78 is 0. The van der Waals surface area contributed by atoms with Crippen molar-refractivity contribution in [3.05, 3.63) is 53.9 Å². The minimum atomic E-state index is -0.784. The number of amides is 1. The fourth-order valence-electron chi connectivity index (χ4n) is 2.91. The Hall–Kier alpha value is -2.34. The Kier molecular flexibility index (Phi) is 7.02. The SMILES string of the molecule is CCCN(C(=O)Cc1cnc(C(C)(C)C)nc1)[C@@H](C)[C@@H](O)c1cccnc1. The number of rotatable bonds is 7. The van der Waals surface area contributed by atoms with E-state index >= 15 is 0 Å². The van der Waals surface area contributed by atoms with E-state index in [0.717, 1.165) is 17.8 Å². The molecule has 146 valence electrons. The molecule has 6 heteroatoms. The van der Waals surface area contributed by atoms with Crippen molar-refractivity contribution in [1.29, 1.82) is 0 Å². The molecule has 1 N–H and O–H groups in total. The normalized spacial score (nSPS) is 13.9. The van der Waals surface area contributed by atoms with Gasteiger partial charge in [-0.15, -0.1) is 0 Å². The maximum Gasteiger partial charge on any atom is 0.227 e. The zero-order valence-corrected chi connectivity index (χ0v) is 16.9. The predicted octanol–water partition coefficient (Wildman–Crippen LogP) is 3.07. The number of hydrogen-bond acceptors (Lipinski definition) is 5. The van der Waals surface area contributed by atoms with Crippen LogP contribution in [0.1, 0.15) is 64.1 Å². The maximum absolute atomic E-state index is 12.9. The van der Waals surface area contributed by atoms with Gasteiger partial charge in [0.05, 0.1) is 12.5 Å². The van der Waals surface area contributed by atoms with Crippen LogP contribution in [-0.4, -0.2) is 43.5 Å². The first kappa shape index (κ1) is 21.0. The highest BCUT2D eigenvalue weighted by Gasteiger charge is 2.27. The van der Waals surface area contributed by atoms with Gasteiger partial charge in [-0.25, -0.2) is 9.97 Å². The largest absolute Gasteiger partial charge is 0.386 e. The average Bonchev–Trinajstić information content (AvgIpc) is 2.65. The molecular weight excluding hydrogens is 340 g/mol. The van der Waals surface area contributed by atoms with Gasteiger partial charge in [0.25, 0.3) is 0 Å². The summed E-state index contributed by atoms with van der Waals surface area (Å²) in [5.41, 5.74) is 1.35. The molecule has 0 aliphatic rings. The van der Waals surface area contributed by atoms with Gasteiger partial charge < -0.3 is 10.0 Å². The predicted molar refractivity (Wildman–Crippen MR) is 105 cm³/mol. The molecule has 2 rings (SSSR count). The van der Waals surface area contributed by atoms with Gasteiger partial charge in [-0.2, -0.15) is 0 Å². The van der Waals surface area contributed by atoms with Crippen LogP contribution in [-0.2, 0) is 16.6 Å². The topological polar surface area (TPSA) is 79.2 Å². The summed E-state index contributed by atoms with van der Waals surface area (Å²) in [5.74, 6) is 0.712. The summed E-state index contributed by atoms with van der Waals surface area (Å²) >= 11 is 0. The molecule has 6 nitrogen and oxygen atoms in total. The lowest BCUT2D eigenvalue weighted by molar-refractivity contribution is -0.135. The molecule has 2 aromatic rings. The summed E-state index contributed by atoms with van der Waals surface area (Å²) in [6, 6.07) is 3.25. The number of aliphatic hydroxyl groups excluding tert-OH is 1. The van der Waals surface area contributed by atoms with E-state index in [2.05, 4.69) is 35.7 Å². The van der Waals surface area contributed by atoms with Crippen LogP contribution in [0.2, 0.25) is 0 Å². The summed E-state index contributed by atoms with van der Waals surface area (Å²) in [6.45, 7) is 10.6. The van der Waals surface area contributed by atoms with Gasteiger partial charge in [-0.3, -0.25) is 9.78 Å². The lowest BCUT2D eigenvalue weighted by atomic mass is 9.95. The molecule has 1 amide bonds. The van der Waals surface area contributed by atoms with Crippen LogP contribution in [0, 0.1) is 0 Å². The number of pyridine rings is 1. The molecule has 27 heavy (non-hydrogen) atoms. The van der Waals surface area contributed by atoms with Crippen LogP contribution in [0.25, 0.3) is 0 Å². The molecule has 0 radical (unpaired) electrons. The van der Waals surface area contributed by atoms with Gasteiger partial charge in [-0.05, 0) is 25.0 Å². The van der Waals surface area contributed by atoms with Gasteiger partial charge in [0, 0.05) is 42.3 Å². The molecule has 0 saturated carbocycles. The maximum atomic E-state index is 12.9. The van der Waals surface area contributed by atoms with E-state index in [9.17, 15) is 9.90 Å². The zero-order chi connectivity index (χ0) is 20.0. The van der Waals surface area contributed by atoms with Crippen molar-refractivity contribution < 1.29 is 9.90 Å². The smallest absolute Gasteiger partial charge is 0.227 e. The van der Waals surface area contributed by atoms with Crippen LogP contribution >= 0.6 is 0 Å². The van der Waals surface area contributed by atoms with E-state index in [1.54, 1.807) is 35.8 Å². The van der Waals surface area contributed by atoms with Crippen molar-refractivity contribution >= 4 is 5.91 Å². The molecule has 0 aliphatic carbocycles. The number of carbonyl (C=O) groups is 1. The van der Waals surface area contributed by atoms with Crippen molar-refractivity contribution in [3.63, 3.8) is 0 Å². The van der Waals surface area contributed by atoms with E-state index < -0.39 is 6.10 Å². The number of nitrogens with zero attached hydrogens (tertiary/aromatic N) is 4. The standard InChI is InChI=1S/C21H30N4O2/c1-6-10-25(15(2)19(27)17-8-7-9-22-14-17)18(26)11-16-12-23-20(24-13-16)21(3,4)5/h7-9,12-15,19,27H,6,10-11H2,1-5H3/t15-,19+/m0/s1. The number of carbonyl (C=O) groups excluding carboxylic acids is 1. The first-order valence-electron chi connectivity index (χ1n) is 9.43. The Morgan fingerprint density at radius 1 is 1.22 bits per heavy atom. The number of hydrogen-bond donors (Lipinski definition) is 1. The van der Waals surface area contributed by atoms with E-state index in [4.69, 9.17) is 0 Å². The minimum absolute atomic E-state index is 0.0422. The summed E-state index contributed by atoms with van der Waals surface area (Å²) in [4.78, 5) is 27.5. The summed E-state index contributed by atoms with van der Waals surface area (Å²) in [6.07, 6.45) is 6.99. The van der Waals surface area contributed by atoms with E-state index in [1.165, 1.54) is 0 Å². The lowest BCUT2D eigenvalue weighted by Crippen LogP contribution is -2.43. The highest BCUT2D eigenvalue weighted by molar-refractivity contribution is 5.79. The van der Waals surface area contributed by atoms with Crippen LogP contribution in [0.5, 0.6) is 0 Å². The summed E-state index contributed by atoms with van der Waals surface area (Å²) in [7, 11) is 0. The zero-order valence-electron chi connectivity index (χ0n) is 16.9. The van der Waals surface area contributed by atoms with Crippen molar-refractivity contribution in [3.8, 4) is 0 Å². The quantitative estimate of drug-likeness (QED) is 0.810. The third kappa shape index (κ3) is 5.57. The van der Waals surface area contributed by atoms with E-state index in [-0.39, 0.29) is 23.8 Å². The number of aromatic nitrogens is 3. The second-order valence-corrected chi connectivity index (χ2v) is 7.90. The van der Waals surface area contributed by atoms with E-state index in [0.29, 0.717) is 12.1 Å². The minimum Gasteiger partial charge on any atom is -0.386 e. The van der Waals surface area contributed by atoms with E-state index in [1.807, 2.05) is 19.9 Å². The molecule has 2 heterocycles. The van der Waals surface area contributed by atoms with Crippen molar-refractivity contribution in [2.24, 2.45) is 0 Å². The molecule has 0 aliphatic heterocycles. The second-order valence-electron chi connectivity index (χ2n) is 7.90. The lowest BCUT2D eigenvalue weighted by Gasteiger charge is -2.32. The highest BCUT2D eigenvalue weighted by Crippen LogP contribution is 2.22. The molecule has 2 atom stereocenters. The molecule has 2 aromatic heterocycles. The second kappa shape index (κ2) is 9.04. The van der Waals surface area contributed by atoms with Gasteiger partial charge >= 0.3 is 0 Å². The molecule has 0 aromatic carbocycles. The molecule has 0 spiro atoms. The van der Waals surface area contributed by atoms with Gasteiger partial charge in [0.1, 0.15) is 11.9 Å². The van der Waals surface area contributed by atoms with Gasteiger partial charge in [-0.1, -0.05) is 33.8 Å². The van der Waals surface area contributed by atoms with Crippen LogP contribution in [0.4, 0.5) is 0 Å². The third-order valence-corrected chi connectivity index (χ3v) is 4.49. The Bertz CT molecular complexity index is 726. The molecule has 0 saturated heterocycles. The van der Waals surface area contributed by atoms with Crippen molar-refractivity contribution in [2.75, 3.05) is 6.54 Å². The molecule has 0 bridgehead atoms. The fourth-order valence-corrected chi connectivity index (χ4v) is 2.91. The van der Waals surface area contributed by atoms with Gasteiger partial charge in [0.2, 0.25) is 5.91 Å². The molecule has 0 fully saturated rings. The fraction of sp³-hybridized carbons (Fsp3) is 0.524. The van der Waals surface area contributed by atoms with Crippen LogP contribution in [0.15, 0.2) is 36.9 Å². The first-order chi connectivity index (χ1) is 12.7. The van der Waals surface area contributed by atoms with Crippen LogP contribution < -0.4 is 0 Å². The number of aliphatic hydroxyl groups is 1. The monoisotopic (exact) mass is 370 g/mol. The van der Waals surface area contributed by atoms with Crippen molar-refractivity contribution in [1.82, 2.24) is 19.9 Å². The third-order valence-electron chi connectivity index (χ3n) is 4.49.